The summed E-state index contributed by atoms with van der Waals surface area (Å²) in [5.41, 5.74) is 3.73. The molecule has 2 nitrogen and oxygen atoms in total. The maximum absolute atomic E-state index is 9.62. The Morgan fingerprint density at radius 3 is 2.87 bits per heavy atom. The van der Waals surface area contributed by atoms with Crippen molar-refractivity contribution >= 4 is 0 Å². The van der Waals surface area contributed by atoms with Crippen LogP contribution in [0.5, 0.6) is 0 Å². The Morgan fingerprint density at radius 2 is 2.13 bits per heavy atom. The van der Waals surface area contributed by atoms with Gasteiger partial charge in [0.05, 0.1) is 12.2 Å². The van der Waals surface area contributed by atoms with Crippen LogP contribution >= 0.6 is 0 Å². The minimum Gasteiger partial charge on any atom is -0.393 e. The molecule has 1 saturated heterocycles. The quantitative estimate of drug-likeness (QED) is 0.765. The molecule has 1 aliphatic heterocycles. The molecule has 0 spiro atoms. The van der Waals surface area contributed by atoms with Crippen LogP contribution in [-0.2, 0) is 4.74 Å². The van der Waals surface area contributed by atoms with Crippen LogP contribution < -0.4 is 0 Å². The first-order valence-corrected chi connectivity index (χ1v) is 5.53. The van der Waals surface area contributed by atoms with Crippen molar-refractivity contribution in [2.45, 2.75) is 38.9 Å². The molecule has 1 aliphatic rings. The van der Waals surface area contributed by atoms with Gasteiger partial charge in [0, 0.05) is 13.0 Å². The molecule has 1 heterocycles. The summed E-state index contributed by atoms with van der Waals surface area (Å²) in [4.78, 5) is 0. The molecule has 2 rings (SSSR count). The summed E-state index contributed by atoms with van der Waals surface area (Å²) in [5.74, 6) is 0. The van der Waals surface area contributed by atoms with Crippen molar-refractivity contribution in [2.75, 3.05) is 6.61 Å². The molecule has 0 aromatic heterocycles. The molecule has 0 radical (unpaired) electrons. The Balaban J connectivity index is 2.24. The molecule has 82 valence electrons. The van der Waals surface area contributed by atoms with E-state index in [-0.39, 0.29) is 12.2 Å². The van der Waals surface area contributed by atoms with Gasteiger partial charge in [-0.2, -0.15) is 0 Å². The fourth-order valence-electron chi connectivity index (χ4n) is 2.10. The van der Waals surface area contributed by atoms with Crippen LogP contribution in [-0.4, -0.2) is 17.8 Å². The van der Waals surface area contributed by atoms with Gasteiger partial charge in [0.15, 0.2) is 0 Å². The van der Waals surface area contributed by atoms with E-state index >= 15 is 0 Å². The molecule has 1 N–H and O–H groups in total. The summed E-state index contributed by atoms with van der Waals surface area (Å²) < 4.78 is 5.71. The topological polar surface area (TPSA) is 29.5 Å². The molecule has 2 atom stereocenters. The molecule has 0 aliphatic carbocycles. The van der Waals surface area contributed by atoms with Crippen molar-refractivity contribution in [3.05, 3.63) is 34.9 Å². The number of aryl methyl sites for hydroxylation is 2. The summed E-state index contributed by atoms with van der Waals surface area (Å²) in [7, 11) is 0. The number of hydrogen-bond donors (Lipinski definition) is 1. The number of rotatable bonds is 1. The van der Waals surface area contributed by atoms with E-state index in [9.17, 15) is 5.11 Å². The Kier molecular flexibility index (Phi) is 3.08. The molecule has 1 fully saturated rings. The third-order valence-corrected chi connectivity index (χ3v) is 3.04. The lowest BCUT2D eigenvalue weighted by Gasteiger charge is -2.28. The highest BCUT2D eigenvalue weighted by Crippen LogP contribution is 2.30. The van der Waals surface area contributed by atoms with Crippen molar-refractivity contribution in [1.82, 2.24) is 0 Å². The number of ether oxygens (including phenoxy) is 1. The normalized spacial score (nSPS) is 26.6. The number of benzene rings is 1. The smallest absolute Gasteiger partial charge is 0.0852 e. The first-order chi connectivity index (χ1) is 7.16. The van der Waals surface area contributed by atoms with Gasteiger partial charge in [-0.05, 0) is 31.4 Å². The largest absolute Gasteiger partial charge is 0.393 e. The molecule has 2 unspecified atom stereocenters. The molecule has 0 amide bonds. The van der Waals surface area contributed by atoms with Gasteiger partial charge in [-0.3, -0.25) is 0 Å². The summed E-state index contributed by atoms with van der Waals surface area (Å²) in [6.45, 7) is 4.85. The van der Waals surface area contributed by atoms with Crippen molar-refractivity contribution in [1.29, 1.82) is 0 Å². The molecular formula is C13H18O2. The molecule has 1 aromatic carbocycles. The van der Waals surface area contributed by atoms with E-state index in [0.29, 0.717) is 6.61 Å². The van der Waals surface area contributed by atoms with Gasteiger partial charge in [-0.15, -0.1) is 0 Å². The van der Waals surface area contributed by atoms with Gasteiger partial charge < -0.3 is 9.84 Å². The van der Waals surface area contributed by atoms with Gasteiger partial charge in [-0.25, -0.2) is 0 Å². The second-order valence-corrected chi connectivity index (χ2v) is 4.40. The summed E-state index contributed by atoms with van der Waals surface area (Å²) in [6, 6.07) is 6.39. The second-order valence-electron chi connectivity index (χ2n) is 4.40. The van der Waals surface area contributed by atoms with E-state index in [1.54, 1.807) is 0 Å². The molecule has 0 saturated carbocycles. The Bertz CT molecular complexity index is 346. The van der Waals surface area contributed by atoms with E-state index in [4.69, 9.17) is 4.74 Å². The van der Waals surface area contributed by atoms with E-state index < -0.39 is 0 Å². The first kappa shape index (κ1) is 10.7. The zero-order chi connectivity index (χ0) is 10.8. The van der Waals surface area contributed by atoms with Crippen LogP contribution in [0.2, 0.25) is 0 Å². The van der Waals surface area contributed by atoms with Gasteiger partial charge >= 0.3 is 0 Å². The minimum atomic E-state index is -0.205. The summed E-state index contributed by atoms with van der Waals surface area (Å²) >= 11 is 0. The van der Waals surface area contributed by atoms with Crippen molar-refractivity contribution in [3.8, 4) is 0 Å². The fraction of sp³-hybridized carbons (Fsp3) is 0.538. The molecule has 1 aromatic rings. The highest BCUT2D eigenvalue weighted by molar-refractivity contribution is 5.32. The third kappa shape index (κ3) is 2.39. The SMILES string of the molecule is Cc1ccc(C)c(C2CC(O)CCO2)c1. The van der Waals surface area contributed by atoms with Crippen molar-refractivity contribution in [3.63, 3.8) is 0 Å². The van der Waals surface area contributed by atoms with Crippen LogP contribution in [0.1, 0.15) is 35.6 Å². The average Bonchev–Trinajstić information content (AvgIpc) is 2.22. The van der Waals surface area contributed by atoms with Crippen LogP contribution in [0.4, 0.5) is 0 Å². The standard InChI is InChI=1S/C13H18O2/c1-9-3-4-10(2)12(7-9)13-8-11(14)5-6-15-13/h3-4,7,11,13-14H,5-6,8H2,1-2H3. The zero-order valence-electron chi connectivity index (χ0n) is 9.36. The van der Waals surface area contributed by atoms with Crippen LogP contribution in [0, 0.1) is 13.8 Å². The van der Waals surface area contributed by atoms with Crippen LogP contribution in [0.15, 0.2) is 18.2 Å². The first-order valence-electron chi connectivity index (χ1n) is 5.53. The zero-order valence-corrected chi connectivity index (χ0v) is 9.36. The number of aliphatic hydroxyl groups is 1. The van der Waals surface area contributed by atoms with E-state index in [2.05, 4.69) is 32.0 Å². The maximum Gasteiger partial charge on any atom is 0.0852 e. The lowest BCUT2D eigenvalue weighted by Crippen LogP contribution is -2.23. The predicted octanol–water partition coefficient (Wildman–Crippen LogP) is 2.52. The molecule has 15 heavy (non-hydrogen) atoms. The Labute approximate surface area is 90.9 Å². The average molecular weight is 206 g/mol. The maximum atomic E-state index is 9.62. The predicted molar refractivity (Wildman–Crippen MR) is 59.8 cm³/mol. The second kappa shape index (κ2) is 4.33. The minimum absolute atomic E-state index is 0.0775. The van der Waals surface area contributed by atoms with Crippen molar-refractivity contribution in [2.24, 2.45) is 0 Å². The van der Waals surface area contributed by atoms with Gasteiger partial charge in [0.2, 0.25) is 0 Å². The fourth-order valence-corrected chi connectivity index (χ4v) is 2.10. The van der Waals surface area contributed by atoms with E-state index in [1.807, 2.05) is 0 Å². The van der Waals surface area contributed by atoms with E-state index in [0.717, 1.165) is 12.8 Å². The highest BCUT2D eigenvalue weighted by atomic mass is 16.5. The highest BCUT2D eigenvalue weighted by Gasteiger charge is 2.23. The van der Waals surface area contributed by atoms with Gasteiger partial charge in [-0.1, -0.05) is 23.8 Å². The lowest BCUT2D eigenvalue weighted by atomic mass is 9.94. The monoisotopic (exact) mass is 206 g/mol. The summed E-state index contributed by atoms with van der Waals surface area (Å²) in [5, 5.41) is 9.62. The molecular weight excluding hydrogens is 188 g/mol. The van der Waals surface area contributed by atoms with Gasteiger partial charge in [0.25, 0.3) is 0 Å². The number of aliphatic hydroxyl groups excluding tert-OH is 1. The number of hydrogen-bond acceptors (Lipinski definition) is 2. The van der Waals surface area contributed by atoms with Gasteiger partial charge in [0.1, 0.15) is 0 Å². The third-order valence-electron chi connectivity index (χ3n) is 3.04. The molecule has 2 heteroatoms. The van der Waals surface area contributed by atoms with Crippen LogP contribution in [0.3, 0.4) is 0 Å². The van der Waals surface area contributed by atoms with E-state index in [1.165, 1.54) is 16.7 Å². The Hall–Kier alpha value is -0.860. The Morgan fingerprint density at radius 1 is 1.33 bits per heavy atom. The summed E-state index contributed by atoms with van der Waals surface area (Å²) in [6.07, 6.45) is 1.36. The lowest BCUT2D eigenvalue weighted by molar-refractivity contribution is -0.0450. The van der Waals surface area contributed by atoms with Crippen molar-refractivity contribution < 1.29 is 9.84 Å². The van der Waals surface area contributed by atoms with Crippen LogP contribution in [0.25, 0.3) is 0 Å². The molecule has 0 bridgehead atoms.